The van der Waals surface area contributed by atoms with Crippen molar-refractivity contribution in [3.05, 3.63) is 59.4 Å². The summed E-state index contributed by atoms with van der Waals surface area (Å²) in [5.41, 5.74) is 2.29. The molecule has 0 saturated carbocycles. The molecule has 0 radical (unpaired) electrons. The Bertz CT molecular complexity index is 924. The Morgan fingerprint density at radius 2 is 1.88 bits per heavy atom. The molecule has 136 valence electrons. The molecule has 0 aliphatic heterocycles. The van der Waals surface area contributed by atoms with Crippen LogP contribution < -0.4 is 0 Å². The van der Waals surface area contributed by atoms with Crippen LogP contribution in [0.3, 0.4) is 0 Å². The summed E-state index contributed by atoms with van der Waals surface area (Å²) in [7, 11) is 0. The molecular weight excluding hydrogens is 347 g/mol. The number of aryl methyl sites for hydroxylation is 1. The van der Waals surface area contributed by atoms with Crippen LogP contribution in [0.25, 0.3) is 17.1 Å². The smallest absolute Gasteiger partial charge is 0.394 e. The van der Waals surface area contributed by atoms with E-state index in [1.807, 2.05) is 6.92 Å². The van der Waals surface area contributed by atoms with E-state index in [1.54, 1.807) is 24.3 Å². The second kappa shape index (κ2) is 6.70. The van der Waals surface area contributed by atoms with Crippen LogP contribution >= 0.6 is 0 Å². The fourth-order valence-corrected chi connectivity index (χ4v) is 2.70. The Labute approximate surface area is 147 Å². The Balaban J connectivity index is 1.91. The molecule has 0 unspecified atom stereocenters. The number of alkyl halides is 3. The van der Waals surface area contributed by atoms with Gasteiger partial charge in [0.15, 0.2) is 0 Å². The van der Waals surface area contributed by atoms with Crippen molar-refractivity contribution in [2.24, 2.45) is 0 Å². The number of carboxylic acid groups (broad SMARTS) is 1. The van der Waals surface area contributed by atoms with Crippen LogP contribution in [0.5, 0.6) is 0 Å². The monoisotopic (exact) mass is 363 g/mol. The molecule has 2 aromatic heterocycles. The maximum absolute atomic E-state index is 12.6. The minimum Gasteiger partial charge on any atom is -0.478 e. The number of H-pyrrole nitrogens is 1. The van der Waals surface area contributed by atoms with Crippen LogP contribution in [0, 0.1) is 0 Å². The van der Waals surface area contributed by atoms with Crippen molar-refractivity contribution in [3.63, 3.8) is 0 Å². The van der Waals surface area contributed by atoms with Crippen molar-refractivity contribution in [1.82, 2.24) is 14.8 Å². The SMILES string of the molecule is CCc1cc(CC(F)(F)F)nn1-c1ccc(-c2ccc(C(=O)O)cc2)[nH]1. The Morgan fingerprint density at radius 3 is 2.46 bits per heavy atom. The first-order chi connectivity index (χ1) is 12.3. The van der Waals surface area contributed by atoms with E-state index < -0.39 is 18.6 Å². The van der Waals surface area contributed by atoms with Crippen LogP contribution in [0.4, 0.5) is 13.2 Å². The van der Waals surface area contributed by atoms with Gasteiger partial charge in [-0.05, 0) is 42.3 Å². The molecule has 0 aliphatic carbocycles. The summed E-state index contributed by atoms with van der Waals surface area (Å²) in [5, 5.41) is 13.0. The van der Waals surface area contributed by atoms with Gasteiger partial charge in [-0.1, -0.05) is 19.1 Å². The van der Waals surface area contributed by atoms with Crippen molar-refractivity contribution in [1.29, 1.82) is 0 Å². The largest absolute Gasteiger partial charge is 0.478 e. The van der Waals surface area contributed by atoms with E-state index in [9.17, 15) is 18.0 Å². The number of aromatic nitrogens is 3. The molecule has 0 saturated heterocycles. The van der Waals surface area contributed by atoms with E-state index >= 15 is 0 Å². The minimum atomic E-state index is -4.31. The molecule has 0 atom stereocenters. The highest BCUT2D eigenvalue weighted by Crippen LogP contribution is 2.24. The van der Waals surface area contributed by atoms with Gasteiger partial charge in [0.1, 0.15) is 5.82 Å². The van der Waals surface area contributed by atoms with Gasteiger partial charge < -0.3 is 10.1 Å². The number of rotatable bonds is 5. The van der Waals surface area contributed by atoms with Gasteiger partial charge in [0.05, 0.1) is 17.7 Å². The second-order valence-electron chi connectivity index (χ2n) is 5.82. The van der Waals surface area contributed by atoms with E-state index in [2.05, 4.69) is 10.1 Å². The fourth-order valence-electron chi connectivity index (χ4n) is 2.70. The Kier molecular flexibility index (Phi) is 4.58. The van der Waals surface area contributed by atoms with Gasteiger partial charge in [-0.2, -0.15) is 18.3 Å². The summed E-state index contributed by atoms with van der Waals surface area (Å²) in [6.45, 7) is 1.85. The first-order valence-corrected chi connectivity index (χ1v) is 7.94. The normalized spacial score (nSPS) is 11.7. The molecule has 3 rings (SSSR count). The molecule has 0 amide bonds. The summed E-state index contributed by atoms with van der Waals surface area (Å²) in [5.74, 6) is -0.461. The van der Waals surface area contributed by atoms with Gasteiger partial charge in [0.25, 0.3) is 0 Å². The van der Waals surface area contributed by atoms with Crippen LogP contribution in [0.2, 0.25) is 0 Å². The predicted molar refractivity (Wildman–Crippen MR) is 89.4 cm³/mol. The maximum atomic E-state index is 12.6. The number of benzene rings is 1. The molecule has 26 heavy (non-hydrogen) atoms. The maximum Gasteiger partial charge on any atom is 0.394 e. The number of aromatic amines is 1. The average Bonchev–Trinajstić information content (AvgIpc) is 3.19. The summed E-state index contributed by atoms with van der Waals surface area (Å²) in [4.78, 5) is 14.0. The standard InChI is InChI=1S/C18H16F3N3O2/c1-2-14-9-13(10-18(19,20)21)23-24(14)16-8-7-15(22-16)11-3-5-12(6-4-11)17(25)26/h3-9,22H,2,10H2,1H3,(H,25,26). The summed E-state index contributed by atoms with van der Waals surface area (Å²) < 4.78 is 39.3. The average molecular weight is 363 g/mol. The number of nitrogens with one attached hydrogen (secondary N) is 1. The molecular formula is C18H16F3N3O2. The van der Waals surface area contributed by atoms with Crippen LogP contribution in [-0.4, -0.2) is 32.0 Å². The quantitative estimate of drug-likeness (QED) is 0.713. The number of carboxylic acids is 1. The number of nitrogens with zero attached hydrogens (tertiary/aromatic N) is 2. The summed E-state index contributed by atoms with van der Waals surface area (Å²) >= 11 is 0. The topological polar surface area (TPSA) is 70.9 Å². The molecule has 3 aromatic rings. The minimum absolute atomic E-state index is 0.0312. The third-order valence-corrected chi connectivity index (χ3v) is 3.92. The highest BCUT2D eigenvalue weighted by molar-refractivity contribution is 5.88. The second-order valence-corrected chi connectivity index (χ2v) is 5.82. The first-order valence-electron chi connectivity index (χ1n) is 7.94. The van der Waals surface area contributed by atoms with Crippen molar-refractivity contribution >= 4 is 5.97 Å². The predicted octanol–water partition coefficient (Wildman–Crippen LogP) is 4.23. The molecule has 0 spiro atoms. The Morgan fingerprint density at radius 1 is 1.19 bits per heavy atom. The van der Waals surface area contributed by atoms with Gasteiger partial charge >= 0.3 is 12.1 Å². The molecule has 2 heterocycles. The van der Waals surface area contributed by atoms with E-state index in [-0.39, 0.29) is 11.3 Å². The number of carbonyl (C=O) groups is 1. The van der Waals surface area contributed by atoms with E-state index in [0.29, 0.717) is 23.6 Å². The zero-order valence-electron chi connectivity index (χ0n) is 13.8. The lowest BCUT2D eigenvalue weighted by atomic mass is 10.1. The van der Waals surface area contributed by atoms with Crippen LogP contribution in [0.15, 0.2) is 42.5 Å². The van der Waals surface area contributed by atoms with Gasteiger partial charge in [0, 0.05) is 11.4 Å². The van der Waals surface area contributed by atoms with Crippen LogP contribution in [-0.2, 0) is 12.8 Å². The fraction of sp³-hybridized carbons (Fsp3) is 0.222. The van der Waals surface area contributed by atoms with E-state index in [0.717, 1.165) is 5.56 Å². The van der Waals surface area contributed by atoms with E-state index in [4.69, 9.17) is 5.11 Å². The van der Waals surface area contributed by atoms with Gasteiger partial charge in [-0.15, -0.1) is 0 Å². The summed E-state index contributed by atoms with van der Waals surface area (Å²) in [6, 6.07) is 11.3. The molecule has 2 N–H and O–H groups in total. The van der Waals surface area contributed by atoms with Crippen molar-refractivity contribution < 1.29 is 23.1 Å². The van der Waals surface area contributed by atoms with Gasteiger partial charge in [-0.3, -0.25) is 0 Å². The third-order valence-electron chi connectivity index (χ3n) is 3.92. The molecule has 0 fully saturated rings. The number of aromatic carboxylic acids is 1. The van der Waals surface area contributed by atoms with Crippen LogP contribution in [0.1, 0.15) is 28.7 Å². The molecule has 0 aliphatic rings. The Hall–Kier alpha value is -3.03. The number of halogens is 3. The van der Waals surface area contributed by atoms with Gasteiger partial charge in [0.2, 0.25) is 0 Å². The molecule has 0 bridgehead atoms. The lowest BCUT2D eigenvalue weighted by Crippen LogP contribution is -2.12. The third kappa shape index (κ3) is 3.79. The van der Waals surface area contributed by atoms with E-state index in [1.165, 1.54) is 22.9 Å². The zero-order valence-corrected chi connectivity index (χ0v) is 13.8. The lowest BCUT2D eigenvalue weighted by Gasteiger charge is -2.04. The highest BCUT2D eigenvalue weighted by atomic mass is 19.4. The summed E-state index contributed by atoms with van der Waals surface area (Å²) in [6.07, 6.45) is -4.85. The molecule has 1 aromatic carbocycles. The van der Waals surface area contributed by atoms with Crippen molar-refractivity contribution in [2.75, 3.05) is 0 Å². The molecule has 8 heteroatoms. The lowest BCUT2D eigenvalue weighted by molar-refractivity contribution is -0.127. The van der Waals surface area contributed by atoms with Gasteiger partial charge in [-0.25, -0.2) is 9.48 Å². The molecule has 5 nitrogen and oxygen atoms in total. The number of hydrogen-bond acceptors (Lipinski definition) is 2. The zero-order chi connectivity index (χ0) is 18.9. The first kappa shape index (κ1) is 17.8. The van der Waals surface area contributed by atoms with Crippen molar-refractivity contribution in [2.45, 2.75) is 25.9 Å². The highest BCUT2D eigenvalue weighted by Gasteiger charge is 2.29. The number of hydrogen-bond donors (Lipinski definition) is 2. The van der Waals surface area contributed by atoms with Crippen molar-refractivity contribution in [3.8, 4) is 17.1 Å².